The highest BCUT2D eigenvalue weighted by Gasteiger charge is 2.23. The number of nitrogens with zero attached hydrogens (tertiary/aromatic N) is 1. The fourth-order valence-electron chi connectivity index (χ4n) is 2.04. The van der Waals surface area contributed by atoms with E-state index in [1.54, 1.807) is 11.8 Å². The van der Waals surface area contributed by atoms with Crippen LogP contribution in [-0.2, 0) is 4.79 Å². The molecule has 0 amide bonds. The Morgan fingerprint density at radius 2 is 2.00 bits per heavy atom. The fraction of sp³-hybridized carbons (Fsp3) is 0.462. The summed E-state index contributed by atoms with van der Waals surface area (Å²) in [6, 6.07) is 8.57. The number of rotatable bonds is 2. The molecule has 3 heteroatoms. The average molecular weight is 235 g/mol. The smallest absolute Gasteiger partial charge is 0.139 e. The van der Waals surface area contributed by atoms with Crippen LogP contribution in [-0.4, -0.2) is 25.1 Å². The molecule has 1 heterocycles. The summed E-state index contributed by atoms with van der Waals surface area (Å²) < 4.78 is 0. The van der Waals surface area contributed by atoms with Crippen LogP contribution in [0.3, 0.4) is 0 Å². The fourth-order valence-corrected chi connectivity index (χ4v) is 2.45. The highest BCUT2D eigenvalue weighted by molar-refractivity contribution is 7.98. The minimum atomic E-state index is 0.175. The van der Waals surface area contributed by atoms with Gasteiger partial charge in [0, 0.05) is 36.0 Å². The third kappa shape index (κ3) is 2.40. The summed E-state index contributed by atoms with van der Waals surface area (Å²) in [7, 11) is 0. The van der Waals surface area contributed by atoms with E-state index in [0.29, 0.717) is 12.2 Å². The Bertz CT molecular complexity index is 374. The van der Waals surface area contributed by atoms with Crippen LogP contribution in [0.1, 0.15) is 13.3 Å². The van der Waals surface area contributed by atoms with Crippen molar-refractivity contribution in [1.82, 2.24) is 0 Å². The number of Topliss-reactive ketones (excluding diaryl/α,β-unsaturated/α-hetero) is 1. The monoisotopic (exact) mass is 235 g/mol. The van der Waals surface area contributed by atoms with E-state index in [0.717, 1.165) is 13.1 Å². The largest absolute Gasteiger partial charge is 0.370 e. The van der Waals surface area contributed by atoms with Gasteiger partial charge in [-0.1, -0.05) is 6.92 Å². The zero-order valence-corrected chi connectivity index (χ0v) is 10.6. The Morgan fingerprint density at radius 3 is 2.56 bits per heavy atom. The molecule has 1 aliphatic rings. The van der Waals surface area contributed by atoms with Gasteiger partial charge in [0.1, 0.15) is 5.78 Å². The molecule has 2 rings (SSSR count). The molecule has 1 aromatic carbocycles. The maximum Gasteiger partial charge on any atom is 0.139 e. The van der Waals surface area contributed by atoms with Gasteiger partial charge in [-0.15, -0.1) is 11.8 Å². The Kier molecular flexibility index (Phi) is 3.54. The second-order valence-electron chi connectivity index (χ2n) is 4.26. The number of hydrogen-bond acceptors (Lipinski definition) is 3. The van der Waals surface area contributed by atoms with Crippen molar-refractivity contribution in [2.24, 2.45) is 5.92 Å². The maximum atomic E-state index is 11.4. The third-order valence-electron chi connectivity index (χ3n) is 3.11. The molecule has 0 spiro atoms. The summed E-state index contributed by atoms with van der Waals surface area (Å²) in [5.74, 6) is 0.575. The summed E-state index contributed by atoms with van der Waals surface area (Å²) in [6.45, 7) is 3.74. The zero-order chi connectivity index (χ0) is 11.5. The molecule has 0 aliphatic carbocycles. The first kappa shape index (κ1) is 11.5. The van der Waals surface area contributed by atoms with Gasteiger partial charge < -0.3 is 4.90 Å². The van der Waals surface area contributed by atoms with E-state index in [2.05, 4.69) is 35.4 Å². The molecule has 1 atom stereocenters. The van der Waals surface area contributed by atoms with Crippen molar-refractivity contribution in [3.05, 3.63) is 24.3 Å². The summed E-state index contributed by atoms with van der Waals surface area (Å²) >= 11 is 1.75. The first-order valence-corrected chi connectivity index (χ1v) is 6.85. The van der Waals surface area contributed by atoms with Crippen LogP contribution in [0.15, 0.2) is 29.2 Å². The minimum absolute atomic E-state index is 0.175. The lowest BCUT2D eigenvalue weighted by Gasteiger charge is -2.32. The van der Waals surface area contributed by atoms with Crippen molar-refractivity contribution in [3.63, 3.8) is 0 Å². The lowest BCUT2D eigenvalue weighted by Crippen LogP contribution is -2.39. The molecule has 1 fully saturated rings. The van der Waals surface area contributed by atoms with Crippen LogP contribution in [0.25, 0.3) is 0 Å². The van der Waals surface area contributed by atoms with Crippen LogP contribution >= 0.6 is 11.8 Å². The molecule has 16 heavy (non-hydrogen) atoms. The first-order valence-electron chi connectivity index (χ1n) is 5.62. The second kappa shape index (κ2) is 4.91. The average Bonchev–Trinajstić information content (AvgIpc) is 2.33. The molecule has 0 saturated carbocycles. The van der Waals surface area contributed by atoms with Crippen LogP contribution in [0.2, 0.25) is 0 Å². The van der Waals surface area contributed by atoms with Gasteiger partial charge in [-0.2, -0.15) is 0 Å². The lowest BCUT2D eigenvalue weighted by molar-refractivity contribution is -0.122. The molecule has 2 nitrogen and oxygen atoms in total. The maximum absolute atomic E-state index is 11.4. The van der Waals surface area contributed by atoms with Crippen molar-refractivity contribution >= 4 is 23.2 Å². The van der Waals surface area contributed by atoms with E-state index in [1.807, 2.05) is 6.92 Å². The zero-order valence-electron chi connectivity index (χ0n) is 9.77. The van der Waals surface area contributed by atoms with E-state index < -0.39 is 0 Å². The number of ketones is 1. The summed E-state index contributed by atoms with van der Waals surface area (Å²) in [5.41, 5.74) is 1.23. The van der Waals surface area contributed by atoms with Gasteiger partial charge in [0.2, 0.25) is 0 Å². The molecule has 1 saturated heterocycles. The van der Waals surface area contributed by atoms with Crippen molar-refractivity contribution in [2.75, 3.05) is 24.2 Å². The Balaban J connectivity index is 2.09. The number of piperidine rings is 1. The molecule has 1 aliphatic heterocycles. The van der Waals surface area contributed by atoms with Crippen LogP contribution in [0.4, 0.5) is 5.69 Å². The first-order chi connectivity index (χ1) is 7.70. The van der Waals surface area contributed by atoms with E-state index in [4.69, 9.17) is 0 Å². The van der Waals surface area contributed by atoms with Gasteiger partial charge in [0.05, 0.1) is 0 Å². The molecule has 1 aromatic rings. The van der Waals surface area contributed by atoms with Crippen molar-refractivity contribution in [3.8, 4) is 0 Å². The molecular weight excluding hydrogens is 218 g/mol. The van der Waals surface area contributed by atoms with Gasteiger partial charge in [0.15, 0.2) is 0 Å². The van der Waals surface area contributed by atoms with Gasteiger partial charge in [-0.3, -0.25) is 4.79 Å². The topological polar surface area (TPSA) is 20.3 Å². The van der Waals surface area contributed by atoms with Crippen LogP contribution in [0, 0.1) is 5.92 Å². The van der Waals surface area contributed by atoms with Gasteiger partial charge in [-0.05, 0) is 30.5 Å². The van der Waals surface area contributed by atoms with E-state index >= 15 is 0 Å². The molecule has 86 valence electrons. The summed E-state index contributed by atoms with van der Waals surface area (Å²) in [4.78, 5) is 15.0. The Morgan fingerprint density at radius 1 is 1.31 bits per heavy atom. The molecule has 0 bridgehead atoms. The summed E-state index contributed by atoms with van der Waals surface area (Å²) in [6.07, 6.45) is 2.77. The number of carbonyl (C=O) groups is 1. The number of carbonyl (C=O) groups excluding carboxylic acids is 1. The SMILES string of the molecule is CSc1ccc(N2CCC(=O)C(C)C2)cc1. The van der Waals surface area contributed by atoms with Crippen LogP contribution < -0.4 is 4.90 Å². The van der Waals surface area contributed by atoms with E-state index in [1.165, 1.54) is 10.6 Å². The lowest BCUT2D eigenvalue weighted by atomic mass is 9.98. The number of anilines is 1. The number of thioether (sulfide) groups is 1. The quantitative estimate of drug-likeness (QED) is 0.735. The van der Waals surface area contributed by atoms with Crippen molar-refractivity contribution in [1.29, 1.82) is 0 Å². The second-order valence-corrected chi connectivity index (χ2v) is 5.14. The van der Waals surface area contributed by atoms with E-state index in [-0.39, 0.29) is 5.92 Å². The predicted octanol–water partition coefficient (Wildman–Crippen LogP) is 2.82. The number of benzene rings is 1. The highest BCUT2D eigenvalue weighted by Crippen LogP contribution is 2.24. The van der Waals surface area contributed by atoms with Crippen molar-refractivity contribution < 1.29 is 4.79 Å². The van der Waals surface area contributed by atoms with Gasteiger partial charge >= 0.3 is 0 Å². The molecule has 0 aromatic heterocycles. The van der Waals surface area contributed by atoms with Gasteiger partial charge in [0.25, 0.3) is 0 Å². The molecule has 0 N–H and O–H groups in total. The van der Waals surface area contributed by atoms with E-state index in [9.17, 15) is 4.79 Å². The minimum Gasteiger partial charge on any atom is -0.370 e. The molecule has 1 unspecified atom stereocenters. The van der Waals surface area contributed by atoms with Crippen molar-refractivity contribution in [2.45, 2.75) is 18.2 Å². The van der Waals surface area contributed by atoms with Crippen LogP contribution in [0.5, 0.6) is 0 Å². The highest BCUT2D eigenvalue weighted by atomic mass is 32.2. The summed E-state index contributed by atoms with van der Waals surface area (Å²) in [5, 5.41) is 0. The number of hydrogen-bond donors (Lipinski definition) is 0. The predicted molar refractivity (Wildman–Crippen MR) is 69.2 cm³/mol. The molecular formula is C13H17NOS. The standard InChI is InChI=1S/C13H17NOS/c1-10-9-14(8-7-13(10)15)11-3-5-12(16-2)6-4-11/h3-6,10H,7-9H2,1-2H3. The molecule has 0 radical (unpaired) electrons. The van der Waals surface area contributed by atoms with Gasteiger partial charge in [-0.25, -0.2) is 0 Å². The third-order valence-corrected chi connectivity index (χ3v) is 3.85. The Labute approximate surface area is 101 Å². The Hall–Kier alpha value is -0.960. The normalized spacial score (nSPS) is 21.2.